The van der Waals surface area contributed by atoms with Crippen molar-refractivity contribution >= 4 is 33.7 Å². The molecule has 100 valence electrons. The minimum absolute atomic E-state index is 0.311. The van der Waals surface area contributed by atoms with Crippen LogP contribution >= 0.6 is 27.7 Å². The molecule has 1 atom stereocenters. The van der Waals surface area contributed by atoms with Crippen molar-refractivity contribution in [2.75, 3.05) is 19.1 Å². The number of hydrogen-bond acceptors (Lipinski definition) is 3. The van der Waals surface area contributed by atoms with Crippen molar-refractivity contribution in [3.05, 3.63) is 33.8 Å². The Hall–Kier alpha value is -0.520. The van der Waals surface area contributed by atoms with Crippen molar-refractivity contribution in [3.63, 3.8) is 0 Å². The van der Waals surface area contributed by atoms with E-state index in [2.05, 4.69) is 41.1 Å². The van der Waals surface area contributed by atoms with Crippen LogP contribution < -0.4 is 0 Å². The Morgan fingerprint density at radius 1 is 1.56 bits per heavy atom. The standard InChI is InChI=1S/C13H18BrNO2S/c1-9(8-18-3)15(2)7-11-5-4-10(13(16)17)6-12(11)14/h4-6,9H,7-8H2,1-3H3,(H,16,17). The number of aromatic carboxylic acids is 1. The summed E-state index contributed by atoms with van der Waals surface area (Å²) in [4.78, 5) is 13.1. The molecule has 0 bridgehead atoms. The van der Waals surface area contributed by atoms with E-state index in [9.17, 15) is 4.79 Å². The first-order chi connectivity index (χ1) is 8.45. The maximum Gasteiger partial charge on any atom is 0.335 e. The SMILES string of the molecule is CSCC(C)N(C)Cc1ccc(C(=O)O)cc1Br. The van der Waals surface area contributed by atoms with E-state index in [1.807, 2.05) is 17.8 Å². The average Bonchev–Trinajstić information content (AvgIpc) is 2.31. The van der Waals surface area contributed by atoms with E-state index in [-0.39, 0.29) is 0 Å². The van der Waals surface area contributed by atoms with Gasteiger partial charge in [-0.1, -0.05) is 22.0 Å². The van der Waals surface area contributed by atoms with Gasteiger partial charge in [0.05, 0.1) is 5.56 Å². The number of carboxylic acids is 1. The van der Waals surface area contributed by atoms with Crippen LogP contribution in [0, 0.1) is 0 Å². The smallest absolute Gasteiger partial charge is 0.335 e. The predicted octanol–water partition coefficient (Wildman–Crippen LogP) is 3.33. The van der Waals surface area contributed by atoms with Crippen molar-refractivity contribution < 1.29 is 9.90 Å². The van der Waals surface area contributed by atoms with Gasteiger partial charge in [-0.15, -0.1) is 0 Å². The highest BCUT2D eigenvalue weighted by molar-refractivity contribution is 9.10. The van der Waals surface area contributed by atoms with Crippen LogP contribution in [0.15, 0.2) is 22.7 Å². The lowest BCUT2D eigenvalue weighted by molar-refractivity contribution is 0.0697. The van der Waals surface area contributed by atoms with Gasteiger partial charge in [0.2, 0.25) is 0 Å². The summed E-state index contributed by atoms with van der Waals surface area (Å²) in [5, 5.41) is 8.91. The molecule has 1 aromatic carbocycles. The molecule has 1 aromatic rings. The number of halogens is 1. The maximum absolute atomic E-state index is 10.8. The summed E-state index contributed by atoms with van der Waals surface area (Å²) in [7, 11) is 2.08. The fourth-order valence-corrected chi connectivity index (χ4v) is 2.84. The first kappa shape index (κ1) is 15.5. The number of benzene rings is 1. The third-order valence-electron chi connectivity index (χ3n) is 2.88. The van der Waals surface area contributed by atoms with Gasteiger partial charge in [-0.25, -0.2) is 4.79 Å². The first-order valence-electron chi connectivity index (χ1n) is 5.66. The highest BCUT2D eigenvalue weighted by Crippen LogP contribution is 2.21. The zero-order chi connectivity index (χ0) is 13.7. The molecule has 3 nitrogen and oxygen atoms in total. The van der Waals surface area contributed by atoms with Crippen LogP contribution in [0.3, 0.4) is 0 Å². The topological polar surface area (TPSA) is 40.5 Å². The lowest BCUT2D eigenvalue weighted by Gasteiger charge is -2.24. The van der Waals surface area contributed by atoms with E-state index < -0.39 is 5.97 Å². The van der Waals surface area contributed by atoms with Gasteiger partial charge in [0.1, 0.15) is 0 Å². The number of carboxylic acid groups (broad SMARTS) is 1. The molecule has 0 spiro atoms. The average molecular weight is 332 g/mol. The Labute approximate surface area is 121 Å². The molecular weight excluding hydrogens is 314 g/mol. The predicted molar refractivity (Wildman–Crippen MR) is 80.4 cm³/mol. The van der Waals surface area contributed by atoms with Gasteiger partial charge in [0.25, 0.3) is 0 Å². The molecule has 0 saturated carbocycles. The zero-order valence-corrected chi connectivity index (χ0v) is 13.2. The second kappa shape index (κ2) is 7.16. The zero-order valence-electron chi connectivity index (χ0n) is 10.8. The number of thioether (sulfide) groups is 1. The molecule has 0 aliphatic heterocycles. The largest absolute Gasteiger partial charge is 0.478 e. The van der Waals surface area contributed by atoms with Crippen molar-refractivity contribution in [1.82, 2.24) is 4.90 Å². The first-order valence-corrected chi connectivity index (χ1v) is 7.85. The van der Waals surface area contributed by atoms with Crippen molar-refractivity contribution in [2.24, 2.45) is 0 Å². The molecule has 5 heteroatoms. The second-order valence-corrected chi connectivity index (χ2v) is 6.10. The normalized spacial score (nSPS) is 12.7. The summed E-state index contributed by atoms with van der Waals surface area (Å²) >= 11 is 5.26. The third kappa shape index (κ3) is 4.30. The summed E-state index contributed by atoms with van der Waals surface area (Å²) in [6.45, 7) is 3.00. The Balaban J connectivity index is 2.76. The quantitative estimate of drug-likeness (QED) is 0.867. The molecule has 0 aliphatic carbocycles. The lowest BCUT2D eigenvalue weighted by Crippen LogP contribution is -2.30. The van der Waals surface area contributed by atoms with E-state index in [0.717, 1.165) is 22.3 Å². The molecule has 0 radical (unpaired) electrons. The van der Waals surface area contributed by atoms with E-state index in [0.29, 0.717) is 11.6 Å². The summed E-state index contributed by atoms with van der Waals surface area (Å²) < 4.78 is 0.852. The van der Waals surface area contributed by atoms with Crippen LogP contribution in [0.1, 0.15) is 22.8 Å². The van der Waals surface area contributed by atoms with E-state index in [1.54, 1.807) is 12.1 Å². The fourth-order valence-electron chi connectivity index (χ4n) is 1.60. The molecule has 0 aliphatic rings. The third-order valence-corrected chi connectivity index (χ3v) is 4.43. The number of rotatable bonds is 6. The number of carbonyl (C=O) groups is 1. The number of nitrogens with zero attached hydrogens (tertiary/aromatic N) is 1. The Morgan fingerprint density at radius 2 is 2.22 bits per heavy atom. The van der Waals surface area contributed by atoms with Crippen LogP contribution in [0.2, 0.25) is 0 Å². The second-order valence-electron chi connectivity index (χ2n) is 4.33. The lowest BCUT2D eigenvalue weighted by atomic mass is 10.1. The monoisotopic (exact) mass is 331 g/mol. The van der Waals surface area contributed by atoms with Gasteiger partial charge in [-0.2, -0.15) is 11.8 Å². The summed E-state index contributed by atoms with van der Waals surface area (Å²) in [5.74, 6) is 0.188. The maximum atomic E-state index is 10.8. The number of hydrogen-bond donors (Lipinski definition) is 1. The van der Waals surface area contributed by atoms with Crippen molar-refractivity contribution in [2.45, 2.75) is 19.5 Å². The highest BCUT2D eigenvalue weighted by atomic mass is 79.9. The van der Waals surface area contributed by atoms with Crippen LogP contribution in [-0.2, 0) is 6.54 Å². The Kier molecular flexibility index (Phi) is 6.18. The van der Waals surface area contributed by atoms with Gasteiger partial charge in [-0.05, 0) is 37.9 Å². The Morgan fingerprint density at radius 3 is 2.72 bits per heavy atom. The molecular formula is C13H18BrNO2S. The highest BCUT2D eigenvalue weighted by Gasteiger charge is 2.12. The van der Waals surface area contributed by atoms with Crippen LogP contribution in [0.25, 0.3) is 0 Å². The van der Waals surface area contributed by atoms with Crippen LogP contribution in [0.5, 0.6) is 0 Å². The summed E-state index contributed by atoms with van der Waals surface area (Å²) in [6.07, 6.45) is 2.10. The molecule has 0 amide bonds. The van der Waals surface area contributed by atoms with E-state index in [1.165, 1.54) is 0 Å². The molecule has 1 N–H and O–H groups in total. The van der Waals surface area contributed by atoms with E-state index in [4.69, 9.17) is 5.11 Å². The van der Waals surface area contributed by atoms with Gasteiger partial charge in [0, 0.05) is 22.8 Å². The molecule has 0 aromatic heterocycles. The summed E-state index contributed by atoms with van der Waals surface area (Å²) in [6, 6.07) is 5.67. The van der Waals surface area contributed by atoms with Gasteiger partial charge in [-0.3, -0.25) is 4.90 Å². The fraction of sp³-hybridized carbons (Fsp3) is 0.462. The van der Waals surface area contributed by atoms with Crippen molar-refractivity contribution in [1.29, 1.82) is 0 Å². The molecule has 1 unspecified atom stereocenters. The molecule has 0 fully saturated rings. The van der Waals surface area contributed by atoms with Crippen LogP contribution in [0.4, 0.5) is 0 Å². The van der Waals surface area contributed by atoms with Crippen LogP contribution in [-0.4, -0.2) is 41.1 Å². The van der Waals surface area contributed by atoms with Crippen molar-refractivity contribution in [3.8, 4) is 0 Å². The molecule has 1 rings (SSSR count). The van der Waals surface area contributed by atoms with Gasteiger partial charge in [0.15, 0.2) is 0 Å². The van der Waals surface area contributed by atoms with Gasteiger partial charge >= 0.3 is 5.97 Å². The molecule has 0 saturated heterocycles. The minimum atomic E-state index is -0.897. The molecule has 0 heterocycles. The summed E-state index contributed by atoms with van der Waals surface area (Å²) in [5.41, 5.74) is 1.42. The molecule has 18 heavy (non-hydrogen) atoms. The van der Waals surface area contributed by atoms with E-state index >= 15 is 0 Å². The van der Waals surface area contributed by atoms with Gasteiger partial charge < -0.3 is 5.11 Å². The minimum Gasteiger partial charge on any atom is -0.478 e. The Bertz CT molecular complexity index is 425.